The van der Waals surface area contributed by atoms with Crippen LogP contribution in [0.25, 0.3) is 25.4 Å². The summed E-state index contributed by atoms with van der Waals surface area (Å²) >= 11 is 6.23. The van der Waals surface area contributed by atoms with Crippen molar-refractivity contribution in [1.82, 2.24) is 27.8 Å². The molecule has 0 radical (unpaired) electrons. The Morgan fingerprint density at radius 3 is 1.49 bits per heavy atom. The van der Waals surface area contributed by atoms with Gasteiger partial charge >= 0.3 is 23.3 Å². The third-order valence-electron chi connectivity index (χ3n) is 11.5. The third-order valence-corrected chi connectivity index (χ3v) is 15.0. The van der Waals surface area contributed by atoms with Gasteiger partial charge in [0.1, 0.15) is 36.9 Å². The maximum absolute atomic E-state index is 13.9. The Morgan fingerprint density at radius 2 is 1.11 bits per heavy atom. The van der Waals surface area contributed by atoms with Crippen LogP contribution in [0.15, 0.2) is 120 Å². The van der Waals surface area contributed by atoms with Crippen LogP contribution in [0, 0.1) is 13.8 Å². The van der Waals surface area contributed by atoms with E-state index in [-0.39, 0.29) is 0 Å². The molecule has 0 fully saturated rings. The minimum Gasteiger partial charge on any atom is -0.458 e. The number of fused-ring (bicyclic) bond motifs is 2. The van der Waals surface area contributed by atoms with E-state index in [0.717, 1.165) is 46.6 Å². The zero-order valence-electron chi connectivity index (χ0n) is 42.4. The highest BCUT2D eigenvalue weighted by Gasteiger charge is 2.40. The number of carbonyl (C=O) groups is 2. The quantitative estimate of drug-likeness (QED) is 0.114. The number of aromatic nitrogens is 6. The predicted molar refractivity (Wildman–Crippen MR) is 288 cm³/mol. The molecule has 5 aromatic heterocycles. The number of hydrogen-bond donors (Lipinski definition) is 0. The van der Waals surface area contributed by atoms with E-state index in [1.54, 1.807) is 103 Å². The molecule has 7 aromatic rings. The average Bonchev–Trinajstić information content (AvgIpc) is 4.14. The van der Waals surface area contributed by atoms with Gasteiger partial charge in [0.05, 0.1) is 20.9 Å². The Bertz CT molecular complexity index is 3350. The van der Waals surface area contributed by atoms with E-state index < -0.39 is 56.7 Å². The van der Waals surface area contributed by atoms with Gasteiger partial charge in [-0.1, -0.05) is 78.1 Å². The molecule has 0 aliphatic carbocycles. The highest BCUT2D eigenvalue weighted by atomic mass is 79.9. The zero-order chi connectivity index (χ0) is 52.2. The van der Waals surface area contributed by atoms with Crippen LogP contribution in [0.3, 0.4) is 0 Å². The fourth-order valence-corrected chi connectivity index (χ4v) is 10.7. The first-order valence-corrected chi connectivity index (χ1v) is 25.6. The van der Waals surface area contributed by atoms with Crippen LogP contribution < -0.4 is 22.5 Å². The van der Waals surface area contributed by atoms with Crippen molar-refractivity contribution in [3.05, 3.63) is 159 Å². The van der Waals surface area contributed by atoms with E-state index in [4.69, 9.17) is 9.47 Å². The molecule has 71 heavy (non-hydrogen) atoms. The smallest absolute Gasteiger partial charge is 0.333 e. The second-order valence-corrected chi connectivity index (χ2v) is 23.4. The summed E-state index contributed by atoms with van der Waals surface area (Å²) in [5.74, 6) is -1.26. The molecule has 0 saturated carbocycles. The van der Waals surface area contributed by atoms with E-state index in [0.29, 0.717) is 46.4 Å². The van der Waals surface area contributed by atoms with Crippen LogP contribution in [0.2, 0.25) is 0 Å². The van der Waals surface area contributed by atoms with Crippen molar-refractivity contribution >= 4 is 77.2 Å². The summed E-state index contributed by atoms with van der Waals surface area (Å²) in [6, 6.07) is 19.7. The first-order chi connectivity index (χ1) is 33.3. The highest BCUT2D eigenvalue weighted by Crippen LogP contribution is 2.34. The molecule has 0 atom stereocenters. The van der Waals surface area contributed by atoms with Gasteiger partial charge in [-0.25, -0.2) is 33.3 Å². The van der Waals surface area contributed by atoms with Crippen molar-refractivity contribution in [2.24, 2.45) is 4.99 Å². The number of allylic oxidation sites excluding steroid dienone is 1. The lowest BCUT2D eigenvalue weighted by Gasteiger charge is -2.30. The van der Waals surface area contributed by atoms with Crippen molar-refractivity contribution in [2.75, 3.05) is 0 Å². The number of hydrogen-bond acceptors (Lipinski definition) is 12. The summed E-state index contributed by atoms with van der Waals surface area (Å²) < 4.78 is 19.0. The number of ether oxygens (including phenoxy) is 2. The largest absolute Gasteiger partial charge is 0.458 e. The fourth-order valence-electron chi connectivity index (χ4n) is 7.72. The molecule has 0 saturated heterocycles. The highest BCUT2D eigenvalue weighted by molar-refractivity contribution is 9.11. The van der Waals surface area contributed by atoms with Crippen LogP contribution in [-0.2, 0) is 56.1 Å². The molecule has 18 heteroatoms. The van der Waals surface area contributed by atoms with Gasteiger partial charge in [-0.05, 0) is 134 Å². The number of carbonyl (C=O) groups excluding carboxylic acids is 2. The van der Waals surface area contributed by atoms with Gasteiger partial charge in [0, 0.05) is 44.3 Å². The number of aliphatic imine (C=N–C) groups is 1. The van der Waals surface area contributed by atoms with Crippen molar-refractivity contribution in [2.45, 2.75) is 138 Å². The number of imidazole rings is 1. The minimum atomic E-state index is -1.51. The predicted octanol–water partition coefficient (Wildman–Crippen LogP) is 9.63. The van der Waals surface area contributed by atoms with Crippen LogP contribution in [0.5, 0.6) is 0 Å². The SMILES string of the molecule is C1=CN=CC1.Cc1c(-n2ccnc2)sc2c1c(=O)n(C(C)(C)C(=O)OC(C)(C)C)c(=O)n2CCc1ccccc1.Cc1c(Br)sc2c1c(=O)n(C(C)(C)C(=O)OC(C)(C)C)c(=O)n2CCc1ccccc1. The summed E-state index contributed by atoms with van der Waals surface area (Å²) in [5, 5.41) is 1.67. The van der Waals surface area contributed by atoms with E-state index >= 15 is 0 Å². The number of benzene rings is 2. The number of halogens is 1. The summed E-state index contributed by atoms with van der Waals surface area (Å²) in [6.45, 7) is 21.2. The molecule has 1 aliphatic rings. The number of esters is 2. The normalized spacial score (nSPS) is 12.7. The minimum absolute atomic E-state index is 0.355. The molecule has 8 rings (SSSR count). The maximum atomic E-state index is 13.9. The second kappa shape index (κ2) is 21.6. The zero-order valence-corrected chi connectivity index (χ0v) is 45.6. The maximum Gasteiger partial charge on any atom is 0.333 e. The Kier molecular flexibility index (Phi) is 16.5. The summed E-state index contributed by atoms with van der Waals surface area (Å²) in [6.07, 6.45) is 13.1. The average molecular weight is 1070 g/mol. The first-order valence-electron chi connectivity index (χ1n) is 23.2. The lowest BCUT2D eigenvalue weighted by molar-refractivity contribution is -0.165. The van der Waals surface area contributed by atoms with Crippen molar-refractivity contribution in [3.63, 3.8) is 0 Å². The standard InChI is InChI=1S/C26H30N4O4S.C23H27BrN2O4S.C4H5N/c1-17-19-20(31)30(26(5,6)23(32)34-25(2,3)4)24(33)29(14-12-18-10-8-7-9-11-18)22(19)35-21(17)28-15-13-27-16-28;1-14-16-18(27)26(23(5,6)20(28)30-22(2,3)4)21(29)25(19(16)31-17(14)24)13-12-15-10-8-7-9-11-15;1-2-4-5-3-1/h7-11,13,15-16H,12,14H2,1-6H3;7-11H,12-13H2,1-6H3;1,3-4H,2H2. The van der Waals surface area contributed by atoms with Gasteiger partial charge in [-0.3, -0.25) is 28.3 Å². The van der Waals surface area contributed by atoms with Gasteiger partial charge < -0.3 is 9.47 Å². The number of thiophene rings is 2. The van der Waals surface area contributed by atoms with Crippen LogP contribution in [0.4, 0.5) is 0 Å². The second-order valence-electron chi connectivity index (χ2n) is 20.1. The Balaban J connectivity index is 0.000000212. The molecule has 0 amide bonds. The van der Waals surface area contributed by atoms with Gasteiger partial charge in [0.15, 0.2) is 0 Å². The molecule has 0 bridgehead atoms. The molecule has 2 aromatic carbocycles. The van der Waals surface area contributed by atoms with Crippen LogP contribution >= 0.6 is 38.6 Å². The summed E-state index contributed by atoms with van der Waals surface area (Å²) in [4.78, 5) is 89.9. The van der Waals surface area contributed by atoms with Crippen LogP contribution in [0.1, 0.15) is 97.9 Å². The molecule has 6 heterocycles. The third kappa shape index (κ3) is 12.1. The molecule has 0 unspecified atom stereocenters. The van der Waals surface area contributed by atoms with Crippen molar-refractivity contribution in [1.29, 1.82) is 0 Å². The number of aryl methyl sites for hydroxylation is 6. The van der Waals surface area contributed by atoms with E-state index in [1.807, 2.05) is 91.4 Å². The van der Waals surface area contributed by atoms with Gasteiger partial charge in [0.25, 0.3) is 11.1 Å². The van der Waals surface area contributed by atoms with Gasteiger partial charge in [-0.15, -0.1) is 11.3 Å². The van der Waals surface area contributed by atoms with Gasteiger partial charge in [-0.2, -0.15) is 0 Å². The van der Waals surface area contributed by atoms with Crippen molar-refractivity contribution < 1.29 is 19.1 Å². The lowest BCUT2D eigenvalue weighted by Crippen LogP contribution is -2.54. The topological polar surface area (TPSA) is 171 Å². The van der Waals surface area contributed by atoms with Crippen molar-refractivity contribution in [3.8, 4) is 5.00 Å². The number of rotatable bonds is 11. The molecule has 0 N–H and O–H groups in total. The lowest BCUT2D eigenvalue weighted by atomic mass is 10.0. The van der Waals surface area contributed by atoms with Gasteiger partial charge in [0.2, 0.25) is 0 Å². The first kappa shape index (κ1) is 54.1. The monoisotopic (exact) mass is 1070 g/mol. The molecule has 376 valence electrons. The molecule has 15 nitrogen and oxygen atoms in total. The fraction of sp³-hybridized carbons (Fsp3) is 0.396. The Hall–Kier alpha value is -6.24. The summed E-state index contributed by atoms with van der Waals surface area (Å²) in [7, 11) is 0. The van der Waals surface area contributed by atoms with E-state index in [2.05, 4.69) is 25.9 Å². The molecule has 1 aliphatic heterocycles. The van der Waals surface area contributed by atoms with E-state index in [9.17, 15) is 28.8 Å². The summed E-state index contributed by atoms with van der Waals surface area (Å²) in [5.41, 5.74) is -2.87. The Labute approximate surface area is 428 Å². The van der Waals surface area contributed by atoms with Crippen LogP contribution in [-0.4, -0.2) is 57.2 Å². The van der Waals surface area contributed by atoms with E-state index in [1.165, 1.54) is 22.7 Å². The molecular formula is C53H62BrN7O8S2. The molecule has 0 spiro atoms. The molecular weight excluding hydrogens is 1010 g/mol. The Morgan fingerprint density at radius 1 is 0.662 bits per heavy atom. The number of nitrogens with zero attached hydrogens (tertiary/aromatic N) is 7.